The Kier molecular flexibility index (Phi) is 11.3. The Morgan fingerprint density at radius 2 is 1.70 bits per heavy atom. The van der Waals surface area contributed by atoms with Crippen molar-refractivity contribution < 1.29 is 22.7 Å². The Bertz CT molecular complexity index is 2900. The molecule has 2 aromatic carbocycles. The van der Waals surface area contributed by atoms with Gasteiger partial charge in [-0.15, -0.1) is 0 Å². The SMILES string of the molecule is Cc1cc(S(=O)(=O)N2CC3(CC(OCCCN4CCC(c5ccc6c(c5)n(C)c(=O)n6C5CCC(=O)NC5=O)CC4)C3)C2)ccc1Nc1ncc2cc(Cl)c(=O)n(C3CCCC3)c2n1. The third-order valence-electron chi connectivity index (χ3n) is 14.5. The Morgan fingerprint density at radius 3 is 2.44 bits per heavy atom. The molecule has 3 aromatic heterocycles. The Hall–Kier alpha value is -4.94. The molecule has 1 unspecified atom stereocenters. The van der Waals surface area contributed by atoms with Crippen LogP contribution in [0.1, 0.15) is 99.8 Å². The van der Waals surface area contributed by atoms with Gasteiger partial charge >= 0.3 is 5.69 Å². The molecule has 2 N–H and O–H groups in total. The van der Waals surface area contributed by atoms with Gasteiger partial charge in [0.15, 0.2) is 0 Å². The van der Waals surface area contributed by atoms with Gasteiger partial charge < -0.3 is 15.0 Å². The second-order valence-corrected chi connectivity index (χ2v) is 21.1. The van der Waals surface area contributed by atoms with E-state index in [0.29, 0.717) is 60.2 Å². The number of nitrogens with one attached hydrogen (secondary N) is 2. The highest BCUT2D eigenvalue weighted by Crippen LogP contribution is 2.51. The van der Waals surface area contributed by atoms with Crippen molar-refractivity contribution >= 4 is 67.1 Å². The number of aryl methyl sites for hydroxylation is 2. The van der Waals surface area contributed by atoms with Crippen molar-refractivity contribution in [1.82, 2.24) is 38.2 Å². The summed E-state index contributed by atoms with van der Waals surface area (Å²) in [4.78, 5) is 62.5. The summed E-state index contributed by atoms with van der Waals surface area (Å²) >= 11 is 6.30. The lowest BCUT2D eigenvalue weighted by molar-refractivity contribution is -0.135. The number of piperidine rings is 2. The minimum absolute atomic E-state index is 0.0178. The highest BCUT2D eigenvalue weighted by atomic mass is 35.5. The van der Waals surface area contributed by atoms with Crippen LogP contribution in [0.25, 0.3) is 22.1 Å². The zero-order valence-corrected chi connectivity index (χ0v) is 37.8. The molecule has 338 valence electrons. The number of aromatic nitrogens is 5. The highest BCUT2D eigenvalue weighted by Gasteiger charge is 2.56. The molecule has 64 heavy (non-hydrogen) atoms. The number of anilines is 2. The molecule has 1 atom stereocenters. The first-order valence-electron chi connectivity index (χ1n) is 22.6. The van der Waals surface area contributed by atoms with Crippen molar-refractivity contribution in [3.8, 4) is 0 Å². The van der Waals surface area contributed by atoms with Gasteiger partial charge in [0.25, 0.3) is 5.56 Å². The van der Waals surface area contributed by atoms with E-state index in [-0.39, 0.29) is 51.1 Å². The van der Waals surface area contributed by atoms with E-state index in [1.807, 2.05) is 13.0 Å². The summed E-state index contributed by atoms with van der Waals surface area (Å²) < 4.78 is 40.1. The number of rotatable bonds is 12. The number of fused-ring (bicyclic) bond motifs is 2. The van der Waals surface area contributed by atoms with E-state index in [9.17, 15) is 27.6 Å². The van der Waals surface area contributed by atoms with Crippen LogP contribution in [0, 0.1) is 12.3 Å². The van der Waals surface area contributed by atoms with Crippen LogP contribution in [0.3, 0.4) is 0 Å². The second-order valence-electron chi connectivity index (χ2n) is 18.8. The summed E-state index contributed by atoms with van der Waals surface area (Å²) in [6.07, 6.45) is 10.9. The highest BCUT2D eigenvalue weighted by molar-refractivity contribution is 7.89. The van der Waals surface area contributed by atoms with Crippen LogP contribution in [0.4, 0.5) is 11.6 Å². The second kappa shape index (κ2) is 16.8. The maximum Gasteiger partial charge on any atom is 0.329 e. The molecular weight excluding hydrogens is 858 g/mol. The molecule has 0 radical (unpaired) electrons. The number of hydrogen-bond donors (Lipinski definition) is 2. The fourth-order valence-corrected chi connectivity index (χ4v) is 12.9. The minimum Gasteiger partial charge on any atom is -0.378 e. The molecule has 16 nitrogen and oxygen atoms in total. The van der Waals surface area contributed by atoms with Crippen molar-refractivity contribution in [3.05, 3.63) is 85.6 Å². The maximum atomic E-state index is 13.7. The Morgan fingerprint density at radius 1 is 0.938 bits per heavy atom. The lowest BCUT2D eigenvalue weighted by atomic mass is 9.63. The van der Waals surface area contributed by atoms with Crippen LogP contribution in [0.2, 0.25) is 5.02 Å². The number of hydrogen-bond acceptors (Lipinski definition) is 11. The smallest absolute Gasteiger partial charge is 0.329 e. The van der Waals surface area contributed by atoms with Gasteiger partial charge in [0, 0.05) is 68.4 Å². The van der Waals surface area contributed by atoms with Crippen LogP contribution in [-0.2, 0) is 31.4 Å². The van der Waals surface area contributed by atoms with E-state index in [2.05, 4.69) is 32.7 Å². The zero-order valence-electron chi connectivity index (χ0n) is 36.2. The number of benzene rings is 2. The van der Waals surface area contributed by atoms with Crippen LogP contribution < -0.4 is 21.9 Å². The summed E-state index contributed by atoms with van der Waals surface area (Å²) in [5, 5.41) is 6.45. The number of nitrogens with zero attached hydrogens (tertiary/aromatic N) is 7. The molecule has 5 aromatic rings. The van der Waals surface area contributed by atoms with E-state index in [4.69, 9.17) is 21.3 Å². The number of imidazole rings is 1. The van der Waals surface area contributed by atoms with Gasteiger partial charge in [0.2, 0.25) is 27.8 Å². The molecule has 1 spiro atoms. The van der Waals surface area contributed by atoms with Crippen molar-refractivity contribution in [1.29, 1.82) is 0 Å². The Labute approximate surface area is 376 Å². The minimum atomic E-state index is -3.67. The van der Waals surface area contributed by atoms with Gasteiger partial charge in [-0.3, -0.25) is 33.4 Å². The number of imide groups is 1. The fraction of sp³-hybridized carbons (Fsp3) is 0.522. The predicted octanol–water partition coefficient (Wildman–Crippen LogP) is 5.68. The summed E-state index contributed by atoms with van der Waals surface area (Å²) in [5.74, 6) is -0.0340. The van der Waals surface area contributed by atoms with E-state index in [1.54, 1.807) is 50.9 Å². The third kappa shape index (κ3) is 7.86. The van der Waals surface area contributed by atoms with Crippen LogP contribution in [-0.4, -0.2) is 98.5 Å². The third-order valence-corrected chi connectivity index (χ3v) is 16.6. The van der Waals surface area contributed by atoms with Crippen molar-refractivity contribution in [3.63, 3.8) is 0 Å². The molecule has 6 heterocycles. The molecule has 2 aliphatic carbocycles. The summed E-state index contributed by atoms with van der Waals surface area (Å²) in [6.45, 7) is 6.44. The summed E-state index contributed by atoms with van der Waals surface area (Å²) in [6, 6.07) is 12.1. The lowest BCUT2D eigenvalue weighted by Gasteiger charge is -2.57. The molecule has 10 rings (SSSR count). The van der Waals surface area contributed by atoms with Gasteiger partial charge in [-0.1, -0.05) is 30.5 Å². The van der Waals surface area contributed by atoms with Crippen LogP contribution in [0.5, 0.6) is 0 Å². The number of likely N-dealkylation sites (tertiary alicyclic amines) is 1. The maximum absolute atomic E-state index is 13.7. The monoisotopic (exact) mass is 911 g/mol. The summed E-state index contributed by atoms with van der Waals surface area (Å²) in [7, 11) is -1.93. The van der Waals surface area contributed by atoms with Crippen molar-refractivity contribution in [2.24, 2.45) is 12.5 Å². The number of carbonyl (C=O) groups excluding carboxylic acids is 2. The van der Waals surface area contributed by atoms with E-state index < -0.39 is 22.0 Å². The quantitative estimate of drug-likeness (QED) is 0.116. The number of ether oxygens (including phenoxy) is 1. The van der Waals surface area contributed by atoms with Gasteiger partial charge in [0.05, 0.1) is 22.0 Å². The molecule has 2 saturated carbocycles. The first-order chi connectivity index (χ1) is 30.8. The number of amides is 2. The molecule has 2 amide bonds. The number of pyridine rings is 1. The molecule has 3 saturated heterocycles. The van der Waals surface area contributed by atoms with Gasteiger partial charge in [-0.05, 0) is 125 Å². The normalized spacial score (nSPS) is 21.5. The number of halogens is 1. The predicted molar refractivity (Wildman–Crippen MR) is 243 cm³/mol. The molecule has 18 heteroatoms. The molecule has 5 aliphatic rings. The topological polar surface area (TPSA) is 183 Å². The Balaban J connectivity index is 0.668. The lowest BCUT2D eigenvalue weighted by Crippen LogP contribution is -2.65. The zero-order chi connectivity index (χ0) is 44.5. The largest absolute Gasteiger partial charge is 0.378 e. The number of carbonyl (C=O) groups is 2. The molecular formula is C46H54ClN9O7S. The molecule has 3 aliphatic heterocycles. The number of sulfonamides is 1. The first-order valence-corrected chi connectivity index (χ1v) is 24.4. The van der Waals surface area contributed by atoms with Crippen LogP contribution in [0.15, 0.2) is 63.1 Å². The standard InChI is InChI=1S/C46H54ClN9O7S/c1-28-20-34(9-10-36(28)49-44-48-25-31-21-35(47)43(59)55(41(31)51-44)32-6-3-4-7-32)64(61,62)54-26-46(27-54)23-33(24-46)63-19-5-16-53-17-14-29(15-18-53)30-8-11-37-39(22-30)52(2)45(60)56(37)38-12-13-40(57)50-42(38)58/h8-11,20-22,25,29,32-33,38H,3-7,12-19,23-24,26-27H2,1-2H3,(H,48,49,51)(H,50,57,58). The van der Waals surface area contributed by atoms with E-state index >= 15 is 0 Å². The fourth-order valence-electron chi connectivity index (χ4n) is 10.9. The van der Waals surface area contributed by atoms with Gasteiger partial charge in [0.1, 0.15) is 16.7 Å². The first kappa shape index (κ1) is 43.0. The van der Waals surface area contributed by atoms with Gasteiger partial charge in [-0.2, -0.15) is 9.29 Å². The van der Waals surface area contributed by atoms with E-state index in [1.165, 1.54) is 10.1 Å². The van der Waals surface area contributed by atoms with E-state index in [0.717, 1.165) is 88.5 Å². The average molecular weight is 913 g/mol. The molecule has 0 bridgehead atoms. The van der Waals surface area contributed by atoms with Crippen molar-refractivity contribution in [2.45, 2.75) is 107 Å². The molecule has 5 fully saturated rings. The van der Waals surface area contributed by atoms with Crippen molar-refractivity contribution in [2.75, 3.05) is 44.6 Å². The summed E-state index contributed by atoms with van der Waals surface area (Å²) in [5.41, 5.74) is 4.13. The average Bonchev–Trinajstić information content (AvgIpc) is 3.87. The van der Waals surface area contributed by atoms with Gasteiger partial charge in [-0.25, -0.2) is 18.2 Å². The van der Waals surface area contributed by atoms with Crippen LogP contribution >= 0.6 is 11.6 Å².